The Morgan fingerprint density at radius 3 is 2.66 bits per heavy atom. The van der Waals surface area contributed by atoms with Gasteiger partial charge in [0.2, 0.25) is 18.4 Å². The van der Waals surface area contributed by atoms with Crippen molar-refractivity contribution in [2.45, 2.75) is 26.4 Å². The van der Waals surface area contributed by atoms with Gasteiger partial charge in [0.15, 0.2) is 23.0 Å². The molecule has 0 radical (unpaired) electrons. The largest absolute Gasteiger partial charge is 0.493 e. The summed E-state index contributed by atoms with van der Waals surface area (Å²) in [5, 5.41) is 0. The van der Waals surface area contributed by atoms with Gasteiger partial charge >= 0.3 is 0 Å². The van der Waals surface area contributed by atoms with Crippen LogP contribution in [0.4, 0.5) is 0 Å². The van der Waals surface area contributed by atoms with Gasteiger partial charge in [-0.3, -0.25) is 4.90 Å². The molecule has 0 saturated heterocycles. The standard InChI is InChI=1S/C24H26N2O6/c1-14(16-5-6-19-20(9-16)29-8-7-28-19)26(3)12-18-15(2)32-24(25-18)17-10-21(27-4)23-22(11-17)30-13-31-23/h5-6,9-11,14H,7-8,12-13H2,1-4H3/t14-/m0/s1. The van der Waals surface area contributed by atoms with Gasteiger partial charge < -0.3 is 28.1 Å². The quantitative estimate of drug-likeness (QED) is 0.562. The average molecular weight is 438 g/mol. The Morgan fingerprint density at radius 2 is 1.84 bits per heavy atom. The maximum atomic E-state index is 5.99. The van der Waals surface area contributed by atoms with Crippen molar-refractivity contribution in [2.24, 2.45) is 0 Å². The summed E-state index contributed by atoms with van der Waals surface area (Å²) in [6.07, 6.45) is 0. The van der Waals surface area contributed by atoms with E-state index in [1.54, 1.807) is 7.11 Å². The fraction of sp³-hybridized carbons (Fsp3) is 0.375. The summed E-state index contributed by atoms with van der Waals surface area (Å²) in [6.45, 7) is 6.06. The highest BCUT2D eigenvalue weighted by Crippen LogP contribution is 2.44. The van der Waals surface area contributed by atoms with E-state index < -0.39 is 0 Å². The first kappa shape index (κ1) is 20.5. The Balaban J connectivity index is 1.35. The number of oxazole rings is 1. The number of rotatable bonds is 6. The van der Waals surface area contributed by atoms with Gasteiger partial charge in [0.1, 0.15) is 19.0 Å². The van der Waals surface area contributed by atoms with Crippen molar-refractivity contribution in [3.8, 4) is 40.2 Å². The lowest BCUT2D eigenvalue weighted by atomic mass is 10.1. The van der Waals surface area contributed by atoms with Gasteiger partial charge in [-0.15, -0.1) is 0 Å². The third-order valence-electron chi connectivity index (χ3n) is 5.91. The summed E-state index contributed by atoms with van der Waals surface area (Å²) in [7, 11) is 3.67. The summed E-state index contributed by atoms with van der Waals surface area (Å²) in [5.74, 6) is 4.72. The minimum Gasteiger partial charge on any atom is -0.493 e. The molecule has 0 bridgehead atoms. The molecule has 8 nitrogen and oxygen atoms in total. The van der Waals surface area contributed by atoms with E-state index in [-0.39, 0.29) is 12.8 Å². The predicted molar refractivity (Wildman–Crippen MR) is 117 cm³/mol. The molecule has 0 aliphatic carbocycles. The number of aryl methyl sites for hydroxylation is 1. The topological polar surface area (TPSA) is 75.4 Å². The van der Waals surface area contributed by atoms with Crippen LogP contribution in [0.3, 0.4) is 0 Å². The van der Waals surface area contributed by atoms with Crippen LogP contribution in [0.25, 0.3) is 11.5 Å². The van der Waals surface area contributed by atoms with Crippen LogP contribution in [0.15, 0.2) is 34.7 Å². The molecule has 0 amide bonds. The summed E-state index contributed by atoms with van der Waals surface area (Å²) in [4.78, 5) is 6.98. The van der Waals surface area contributed by atoms with Crippen LogP contribution in [0, 0.1) is 6.92 Å². The van der Waals surface area contributed by atoms with E-state index in [4.69, 9.17) is 33.1 Å². The highest BCUT2D eigenvalue weighted by molar-refractivity contribution is 5.66. The normalized spacial score (nSPS) is 15.2. The number of nitrogens with zero attached hydrogens (tertiary/aromatic N) is 2. The van der Waals surface area contributed by atoms with Crippen LogP contribution in [-0.4, -0.2) is 44.0 Å². The molecule has 1 aromatic heterocycles. The summed E-state index contributed by atoms with van der Waals surface area (Å²) >= 11 is 0. The van der Waals surface area contributed by atoms with E-state index in [1.165, 1.54) is 0 Å². The highest BCUT2D eigenvalue weighted by atomic mass is 16.7. The Kier molecular flexibility index (Phi) is 5.30. The molecule has 1 atom stereocenters. The number of benzene rings is 2. The van der Waals surface area contributed by atoms with Gasteiger partial charge in [-0.2, -0.15) is 0 Å². The Bertz CT molecular complexity index is 1140. The second kappa shape index (κ2) is 8.27. The third-order valence-corrected chi connectivity index (χ3v) is 5.91. The fourth-order valence-corrected chi connectivity index (χ4v) is 3.90. The molecule has 0 spiro atoms. The van der Waals surface area contributed by atoms with Gasteiger partial charge in [-0.1, -0.05) is 6.07 Å². The molecule has 0 unspecified atom stereocenters. The Labute approximate surface area is 186 Å². The van der Waals surface area contributed by atoms with Crippen LogP contribution < -0.4 is 23.7 Å². The molecule has 8 heteroatoms. The lowest BCUT2D eigenvalue weighted by molar-refractivity contribution is 0.170. The summed E-state index contributed by atoms with van der Waals surface area (Å²) in [5.41, 5.74) is 2.81. The molecule has 2 aliphatic rings. The van der Waals surface area contributed by atoms with Crippen LogP contribution in [0.1, 0.15) is 30.0 Å². The van der Waals surface area contributed by atoms with Crippen LogP contribution in [-0.2, 0) is 6.54 Å². The molecule has 0 saturated carbocycles. The molecule has 32 heavy (non-hydrogen) atoms. The predicted octanol–water partition coefficient (Wildman–Crippen LogP) is 4.35. The molecule has 0 fully saturated rings. The molecule has 2 aliphatic heterocycles. The number of ether oxygens (including phenoxy) is 5. The maximum Gasteiger partial charge on any atom is 0.231 e. The zero-order valence-electron chi connectivity index (χ0n) is 18.6. The number of hydrogen-bond acceptors (Lipinski definition) is 8. The van der Waals surface area contributed by atoms with Crippen molar-refractivity contribution in [1.29, 1.82) is 0 Å². The first-order valence-electron chi connectivity index (χ1n) is 10.6. The van der Waals surface area contributed by atoms with E-state index in [0.717, 1.165) is 34.1 Å². The molecule has 0 N–H and O–H groups in total. The Morgan fingerprint density at radius 1 is 1.03 bits per heavy atom. The Hall–Kier alpha value is -3.39. The van der Waals surface area contributed by atoms with Gasteiger partial charge in [-0.05, 0) is 50.7 Å². The van der Waals surface area contributed by atoms with Gasteiger partial charge in [0, 0.05) is 18.2 Å². The highest BCUT2D eigenvalue weighted by Gasteiger charge is 2.24. The maximum absolute atomic E-state index is 5.99. The number of aromatic nitrogens is 1. The number of hydrogen-bond donors (Lipinski definition) is 0. The van der Waals surface area contributed by atoms with Crippen molar-refractivity contribution in [3.63, 3.8) is 0 Å². The smallest absolute Gasteiger partial charge is 0.231 e. The minimum atomic E-state index is 0.149. The summed E-state index contributed by atoms with van der Waals surface area (Å²) < 4.78 is 33.8. The second-order valence-electron chi connectivity index (χ2n) is 7.93. The zero-order valence-corrected chi connectivity index (χ0v) is 18.6. The van der Waals surface area contributed by atoms with Gasteiger partial charge in [-0.25, -0.2) is 4.98 Å². The minimum absolute atomic E-state index is 0.149. The lowest BCUT2D eigenvalue weighted by Gasteiger charge is -2.26. The first-order chi connectivity index (χ1) is 15.5. The number of fused-ring (bicyclic) bond motifs is 2. The molecule has 168 valence electrons. The van der Waals surface area contributed by atoms with Crippen molar-refractivity contribution in [3.05, 3.63) is 47.3 Å². The third kappa shape index (κ3) is 3.71. The van der Waals surface area contributed by atoms with Crippen molar-refractivity contribution in [2.75, 3.05) is 34.2 Å². The lowest BCUT2D eigenvalue weighted by Crippen LogP contribution is -2.23. The first-order valence-corrected chi connectivity index (χ1v) is 10.6. The van der Waals surface area contributed by atoms with Crippen LogP contribution in [0.5, 0.6) is 28.7 Å². The SMILES string of the molecule is COc1cc(-c2nc(CN(C)[C@@H](C)c3ccc4c(c3)OCCO4)c(C)o2)cc2c1OCO2. The molecule has 3 heterocycles. The molecule has 2 aromatic carbocycles. The van der Waals surface area contributed by atoms with Crippen LogP contribution in [0.2, 0.25) is 0 Å². The van der Waals surface area contributed by atoms with E-state index in [1.807, 2.05) is 25.1 Å². The molecular formula is C24H26N2O6. The fourth-order valence-electron chi connectivity index (χ4n) is 3.90. The van der Waals surface area contributed by atoms with E-state index in [9.17, 15) is 0 Å². The van der Waals surface area contributed by atoms with Gasteiger partial charge in [0.25, 0.3) is 0 Å². The van der Waals surface area contributed by atoms with Crippen molar-refractivity contribution < 1.29 is 28.1 Å². The molecule has 5 rings (SSSR count). The van der Waals surface area contributed by atoms with Gasteiger partial charge in [0.05, 0.1) is 12.8 Å². The molecule has 3 aromatic rings. The van der Waals surface area contributed by atoms with E-state index in [0.29, 0.717) is 42.9 Å². The van der Waals surface area contributed by atoms with Crippen molar-refractivity contribution in [1.82, 2.24) is 9.88 Å². The second-order valence-corrected chi connectivity index (χ2v) is 7.93. The summed E-state index contributed by atoms with van der Waals surface area (Å²) in [6, 6.07) is 9.97. The van der Waals surface area contributed by atoms with E-state index in [2.05, 4.69) is 31.0 Å². The molecular weight excluding hydrogens is 412 g/mol. The van der Waals surface area contributed by atoms with Crippen LogP contribution >= 0.6 is 0 Å². The zero-order chi connectivity index (χ0) is 22.2. The number of methoxy groups -OCH3 is 1. The monoisotopic (exact) mass is 438 g/mol. The van der Waals surface area contributed by atoms with Crippen molar-refractivity contribution >= 4 is 0 Å². The van der Waals surface area contributed by atoms with E-state index >= 15 is 0 Å². The average Bonchev–Trinajstić information content (AvgIpc) is 3.44.